The van der Waals surface area contributed by atoms with Gasteiger partial charge in [-0.3, -0.25) is 0 Å². The van der Waals surface area contributed by atoms with Crippen LogP contribution in [-0.4, -0.2) is 4.57 Å². The van der Waals surface area contributed by atoms with Crippen molar-refractivity contribution < 1.29 is 0 Å². The molecule has 0 radical (unpaired) electrons. The topological polar surface area (TPSA) is 4.93 Å². The molecule has 11 aromatic rings. The molecule has 2 heteroatoms. The molecule has 258 valence electrons. The van der Waals surface area contributed by atoms with E-state index in [0.29, 0.717) is 0 Å². The van der Waals surface area contributed by atoms with Gasteiger partial charge in [0.2, 0.25) is 0 Å². The minimum Gasteiger partial charge on any atom is -0.309 e. The molecule has 0 atom stereocenters. The Labute approximate surface area is 323 Å². The first-order chi connectivity index (χ1) is 27.0. The molecule has 1 nitrogen and oxygen atoms in total. The summed E-state index contributed by atoms with van der Waals surface area (Å²) in [6.45, 7) is 4.73. The molecular formula is C53H35NS. The van der Waals surface area contributed by atoms with Crippen molar-refractivity contribution in [3.05, 3.63) is 187 Å². The standard InChI is InChI=1S/C53H35NS/c1-53(2)44-19-11-10-16-39(44)40-27-22-36(31-45(40)53)35-24-29-47-43(30-35)48-41-17-8-9-18-42(41)51-50(52(48)55-47)49-38-15-7-6-14-34(38)23-28-46(49)54(51)37-25-20-33(21-26-37)32-12-4-3-5-13-32/h3-31H,1-2H3. The van der Waals surface area contributed by atoms with Gasteiger partial charge in [-0.05, 0) is 97.1 Å². The highest BCUT2D eigenvalue weighted by molar-refractivity contribution is 7.27. The molecule has 0 N–H and O–H groups in total. The summed E-state index contributed by atoms with van der Waals surface area (Å²) in [5.74, 6) is 0. The van der Waals surface area contributed by atoms with Crippen LogP contribution in [0.1, 0.15) is 25.0 Å². The first-order valence-electron chi connectivity index (χ1n) is 19.2. The number of aromatic nitrogens is 1. The zero-order chi connectivity index (χ0) is 36.4. The predicted octanol–water partition coefficient (Wildman–Crippen LogP) is 15.1. The molecule has 12 rings (SSSR count). The second kappa shape index (κ2) is 11.3. The van der Waals surface area contributed by atoms with Crippen LogP contribution >= 0.6 is 11.3 Å². The Balaban J connectivity index is 1.15. The van der Waals surface area contributed by atoms with Crippen LogP contribution in [0.3, 0.4) is 0 Å². The smallest absolute Gasteiger partial charge is 0.0634 e. The summed E-state index contributed by atoms with van der Waals surface area (Å²) in [7, 11) is 0. The van der Waals surface area contributed by atoms with Crippen molar-refractivity contribution in [3.63, 3.8) is 0 Å². The van der Waals surface area contributed by atoms with Gasteiger partial charge in [0.05, 0.1) is 11.0 Å². The van der Waals surface area contributed by atoms with Crippen LogP contribution in [0.2, 0.25) is 0 Å². The van der Waals surface area contributed by atoms with Gasteiger partial charge in [-0.1, -0.05) is 153 Å². The Bertz CT molecular complexity index is 3380. The molecule has 0 fully saturated rings. The molecule has 9 aromatic carbocycles. The lowest BCUT2D eigenvalue weighted by molar-refractivity contribution is 0.660. The lowest BCUT2D eigenvalue weighted by Gasteiger charge is -2.22. The first kappa shape index (κ1) is 30.9. The van der Waals surface area contributed by atoms with Gasteiger partial charge < -0.3 is 4.57 Å². The number of nitrogens with zero attached hydrogens (tertiary/aromatic N) is 1. The van der Waals surface area contributed by atoms with Gasteiger partial charge in [0.1, 0.15) is 0 Å². The van der Waals surface area contributed by atoms with Gasteiger partial charge >= 0.3 is 0 Å². The van der Waals surface area contributed by atoms with Crippen molar-refractivity contribution in [3.8, 4) is 39.1 Å². The third-order valence-corrected chi connectivity index (χ3v) is 13.6. The zero-order valence-corrected chi connectivity index (χ0v) is 31.4. The van der Waals surface area contributed by atoms with Crippen molar-refractivity contribution in [1.29, 1.82) is 0 Å². The molecule has 55 heavy (non-hydrogen) atoms. The van der Waals surface area contributed by atoms with Crippen LogP contribution in [0.5, 0.6) is 0 Å². The van der Waals surface area contributed by atoms with Crippen LogP contribution < -0.4 is 0 Å². The number of fused-ring (bicyclic) bond motifs is 15. The quantitative estimate of drug-likeness (QED) is 0.171. The van der Waals surface area contributed by atoms with E-state index >= 15 is 0 Å². The molecule has 0 spiro atoms. The third-order valence-electron chi connectivity index (χ3n) is 12.4. The molecule has 0 aliphatic heterocycles. The Kier molecular flexibility index (Phi) is 6.34. The number of thiophene rings is 1. The first-order valence-corrected chi connectivity index (χ1v) is 20.0. The van der Waals surface area contributed by atoms with Gasteiger partial charge in [-0.15, -0.1) is 11.3 Å². The Morgan fingerprint density at radius 2 is 1.09 bits per heavy atom. The Morgan fingerprint density at radius 3 is 1.95 bits per heavy atom. The van der Waals surface area contributed by atoms with Crippen LogP contribution in [0, 0.1) is 0 Å². The van der Waals surface area contributed by atoms with Gasteiger partial charge in [0, 0.05) is 47.4 Å². The summed E-state index contributed by atoms with van der Waals surface area (Å²) in [6.07, 6.45) is 0. The highest BCUT2D eigenvalue weighted by Crippen LogP contribution is 2.52. The summed E-state index contributed by atoms with van der Waals surface area (Å²) >= 11 is 1.94. The van der Waals surface area contributed by atoms with E-state index < -0.39 is 0 Å². The Hall–Kier alpha value is -6.48. The summed E-state index contributed by atoms with van der Waals surface area (Å²) in [6, 6.07) is 65.6. The zero-order valence-electron chi connectivity index (χ0n) is 30.6. The largest absolute Gasteiger partial charge is 0.309 e. The van der Waals surface area contributed by atoms with Crippen LogP contribution in [-0.2, 0) is 5.41 Å². The summed E-state index contributed by atoms with van der Waals surface area (Å²) in [4.78, 5) is 0. The van der Waals surface area contributed by atoms with Gasteiger partial charge in [-0.2, -0.15) is 0 Å². The number of rotatable bonds is 3. The number of hydrogen-bond acceptors (Lipinski definition) is 1. The fraction of sp³-hybridized carbons (Fsp3) is 0.0566. The summed E-state index contributed by atoms with van der Waals surface area (Å²) in [5, 5.41) is 10.5. The molecule has 0 saturated heterocycles. The second-order valence-electron chi connectivity index (χ2n) is 15.6. The highest BCUT2D eigenvalue weighted by Gasteiger charge is 2.35. The second-order valence-corrected chi connectivity index (χ2v) is 16.7. The highest BCUT2D eigenvalue weighted by atomic mass is 32.1. The van der Waals surface area contributed by atoms with E-state index in [1.807, 2.05) is 11.3 Å². The maximum absolute atomic E-state index is 2.52. The SMILES string of the molecule is CC1(C)c2ccccc2-c2ccc(-c3ccc4sc5c(c4c3)c3ccccc3c3c5c4c5ccccc5ccc4n3-c3ccc(-c4ccccc4)cc3)cc21. The molecular weight excluding hydrogens is 683 g/mol. The van der Waals surface area contributed by atoms with E-state index in [9.17, 15) is 0 Å². The van der Waals surface area contributed by atoms with Crippen molar-refractivity contribution in [2.45, 2.75) is 19.3 Å². The maximum atomic E-state index is 2.52. The van der Waals surface area contributed by atoms with E-state index in [-0.39, 0.29) is 5.41 Å². The van der Waals surface area contributed by atoms with E-state index in [4.69, 9.17) is 0 Å². The predicted molar refractivity (Wildman–Crippen MR) is 237 cm³/mol. The number of hydrogen-bond donors (Lipinski definition) is 0. The Morgan fingerprint density at radius 1 is 0.436 bits per heavy atom. The van der Waals surface area contributed by atoms with Crippen LogP contribution in [0.4, 0.5) is 0 Å². The molecule has 1 aliphatic rings. The van der Waals surface area contributed by atoms with E-state index in [1.165, 1.54) is 114 Å². The third kappa shape index (κ3) is 4.29. The molecule has 2 heterocycles. The molecule has 0 saturated carbocycles. The normalized spacial score (nSPS) is 13.4. The average molecular weight is 718 g/mol. The van der Waals surface area contributed by atoms with Gasteiger partial charge in [0.25, 0.3) is 0 Å². The minimum atomic E-state index is -0.0399. The minimum absolute atomic E-state index is 0.0399. The fourth-order valence-electron chi connectivity index (χ4n) is 9.75. The van der Waals surface area contributed by atoms with Gasteiger partial charge in [0.15, 0.2) is 0 Å². The lowest BCUT2D eigenvalue weighted by Crippen LogP contribution is -2.14. The molecule has 2 aromatic heterocycles. The maximum Gasteiger partial charge on any atom is 0.0634 e. The lowest BCUT2D eigenvalue weighted by atomic mass is 9.81. The van der Waals surface area contributed by atoms with E-state index in [1.54, 1.807) is 0 Å². The summed E-state index contributed by atoms with van der Waals surface area (Å²) < 4.78 is 5.19. The van der Waals surface area contributed by atoms with Crippen molar-refractivity contribution >= 4 is 74.9 Å². The van der Waals surface area contributed by atoms with Crippen molar-refractivity contribution in [2.24, 2.45) is 0 Å². The van der Waals surface area contributed by atoms with Crippen molar-refractivity contribution in [1.82, 2.24) is 4.57 Å². The molecule has 0 amide bonds. The molecule has 0 unspecified atom stereocenters. The van der Waals surface area contributed by atoms with Gasteiger partial charge in [-0.25, -0.2) is 0 Å². The van der Waals surface area contributed by atoms with E-state index in [0.717, 1.165) is 0 Å². The van der Waals surface area contributed by atoms with E-state index in [2.05, 4.69) is 194 Å². The summed E-state index contributed by atoms with van der Waals surface area (Å²) in [5.41, 5.74) is 14.2. The fourth-order valence-corrected chi connectivity index (χ4v) is 11.0. The number of benzene rings is 9. The molecule has 0 bridgehead atoms. The average Bonchev–Trinajstić information content (AvgIpc) is 3.87. The monoisotopic (exact) mass is 717 g/mol. The van der Waals surface area contributed by atoms with Crippen LogP contribution in [0.25, 0.3) is 103 Å². The van der Waals surface area contributed by atoms with Crippen LogP contribution in [0.15, 0.2) is 176 Å². The van der Waals surface area contributed by atoms with Crippen molar-refractivity contribution in [2.75, 3.05) is 0 Å². The molecule has 1 aliphatic carbocycles.